The molecule has 0 aromatic carbocycles. The Kier molecular flexibility index (Phi) is 7.63. The monoisotopic (exact) mass is 251 g/mol. The van der Waals surface area contributed by atoms with Crippen LogP contribution in [-0.4, -0.2) is 4.98 Å². The molecule has 1 unspecified atom stereocenters. The third-order valence-electron chi connectivity index (χ3n) is 3.48. The van der Waals surface area contributed by atoms with Gasteiger partial charge in [0.15, 0.2) is 0 Å². The van der Waals surface area contributed by atoms with Crippen LogP contribution in [0.2, 0.25) is 0 Å². The molecule has 0 N–H and O–H groups in total. The third kappa shape index (κ3) is 5.61. The van der Waals surface area contributed by atoms with Gasteiger partial charge in [0.25, 0.3) is 0 Å². The molecule has 2 heteroatoms. The minimum absolute atomic E-state index is 0.237. The van der Waals surface area contributed by atoms with Gasteiger partial charge in [-0.1, -0.05) is 52.4 Å². The zero-order valence-corrected chi connectivity index (χ0v) is 11.8. The Balaban J connectivity index is 2.51. The number of nitrogens with zero attached hydrogens (tertiary/aromatic N) is 1. The van der Waals surface area contributed by atoms with E-state index in [1.807, 2.05) is 6.07 Å². The van der Waals surface area contributed by atoms with Gasteiger partial charge in [-0.2, -0.15) is 0 Å². The highest BCUT2D eigenvalue weighted by atomic mass is 19.1. The lowest BCUT2D eigenvalue weighted by molar-refractivity contribution is 0.498. The molecule has 0 bridgehead atoms. The van der Waals surface area contributed by atoms with Gasteiger partial charge >= 0.3 is 0 Å². The molecule has 1 aromatic rings. The molecule has 1 rings (SSSR count). The van der Waals surface area contributed by atoms with Crippen LogP contribution < -0.4 is 0 Å². The normalized spacial score (nSPS) is 12.6. The van der Waals surface area contributed by atoms with Crippen LogP contribution >= 0.6 is 0 Å². The molecule has 0 spiro atoms. The van der Waals surface area contributed by atoms with Crippen molar-refractivity contribution in [2.45, 2.75) is 71.1 Å². The second-order valence-corrected chi connectivity index (χ2v) is 5.09. The van der Waals surface area contributed by atoms with E-state index < -0.39 is 0 Å². The Morgan fingerprint density at radius 3 is 2.33 bits per heavy atom. The quantitative estimate of drug-likeness (QED) is 0.531. The summed E-state index contributed by atoms with van der Waals surface area (Å²) in [5, 5.41) is 0. The highest BCUT2D eigenvalue weighted by Crippen LogP contribution is 2.26. The molecule has 1 heterocycles. The predicted octanol–water partition coefficient (Wildman–Crippen LogP) is 5.46. The number of halogens is 1. The minimum atomic E-state index is -0.237. The summed E-state index contributed by atoms with van der Waals surface area (Å²) in [5.41, 5.74) is 1.07. The predicted molar refractivity (Wildman–Crippen MR) is 75.2 cm³/mol. The molecule has 1 atom stereocenters. The maximum Gasteiger partial charge on any atom is 0.141 e. The molecule has 1 nitrogen and oxygen atoms in total. The highest BCUT2D eigenvalue weighted by Gasteiger charge is 2.12. The lowest BCUT2D eigenvalue weighted by Gasteiger charge is -2.16. The lowest BCUT2D eigenvalue weighted by atomic mass is 9.92. The largest absolute Gasteiger partial charge is 0.258 e. The fourth-order valence-electron chi connectivity index (χ4n) is 2.34. The zero-order valence-electron chi connectivity index (χ0n) is 11.8. The van der Waals surface area contributed by atoms with Crippen molar-refractivity contribution in [1.29, 1.82) is 0 Å². The van der Waals surface area contributed by atoms with E-state index in [1.165, 1.54) is 63.6 Å². The van der Waals surface area contributed by atoms with Gasteiger partial charge in [0, 0.05) is 11.6 Å². The molecule has 1 aromatic heterocycles. The fourth-order valence-corrected chi connectivity index (χ4v) is 2.34. The van der Waals surface area contributed by atoms with Gasteiger partial charge in [0.2, 0.25) is 0 Å². The first-order valence-electron chi connectivity index (χ1n) is 7.39. The van der Waals surface area contributed by atoms with E-state index in [4.69, 9.17) is 0 Å². The van der Waals surface area contributed by atoms with E-state index >= 15 is 0 Å². The molecule has 0 radical (unpaired) electrons. The van der Waals surface area contributed by atoms with Crippen molar-refractivity contribution in [1.82, 2.24) is 4.98 Å². The fraction of sp³-hybridized carbons (Fsp3) is 0.688. The van der Waals surface area contributed by atoms with E-state index in [1.54, 1.807) is 0 Å². The number of unbranched alkanes of at least 4 members (excludes halogenated alkanes) is 4. The summed E-state index contributed by atoms with van der Waals surface area (Å²) in [6.45, 7) is 4.45. The molecule has 0 fully saturated rings. The van der Waals surface area contributed by atoms with Crippen molar-refractivity contribution in [2.24, 2.45) is 0 Å². The van der Waals surface area contributed by atoms with Crippen LogP contribution in [0.3, 0.4) is 0 Å². The highest BCUT2D eigenvalue weighted by molar-refractivity contribution is 5.10. The van der Waals surface area contributed by atoms with E-state index in [9.17, 15) is 4.39 Å². The molecule has 0 aliphatic heterocycles. The standard InChI is InChI=1S/C16H26FN/c1-3-5-7-8-10-14(9-6-4-2)16-12-11-15(17)13-18-16/h11-14H,3-10H2,1-2H3. The van der Waals surface area contributed by atoms with E-state index in [0.717, 1.165) is 5.69 Å². The van der Waals surface area contributed by atoms with Crippen LogP contribution in [0.1, 0.15) is 76.8 Å². The van der Waals surface area contributed by atoms with Gasteiger partial charge in [-0.05, 0) is 25.0 Å². The van der Waals surface area contributed by atoms with Gasteiger partial charge in [-0.3, -0.25) is 4.98 Å². The smallest absolute Gasteiger partial charge is 0.141 e. The van der Waals surface area contributed by atoms with Crippen molar-refractivity contribution in [2.75, 3.05) is 0 Å². The summed E-state index contributed by atoms with van der Waals surface area (Å²) in [6, 6.07) is 3.39. The summed E-state index contributed by atoms with van der Waals surface area (Å²) >= 11 is 0. The SMILES string of the molecule is CCCCCCC(CCCC)c1ccc(F)cn1. The van der Waals surface area contributed by atoms with E-state index in [2.05, 4.69) is 18.8 Å². The molecule has 0 aliphatic carbocycles. The van der Waals surface area contributed by atoms with Crippen LogP contribution in [0.4, 0.5) is 4.39 Å². The number of rotatable bonds is 9. The summed E-state index contributed by atoms with van der Waals surface area (Å²) < 4.78 is 12.9. The molecular weight excluding hydrogens is 225 g/mol. The Morgan fingerprint density at radius 2 is 1.72 bits per heavy atom. The molecule has 102 valence electrons. The van der Waals surface area contributed by atoms with E-state index in [0.29, 0.717) is 5.92 Å². The van der Waals surface area contributed by atoms with E-state index in [-0.39, 0.29) is 5.82 Å². The maximum absolute atomic E-state index is 12.9. The second-order valence-electron chi connectivity index (χ2n) is 5.09. The summed E-state index contributed by atoms with van der Waals surface area (Å²) in [7, 11) is 0. The second kappa shape index (κ2) is 9.07. The topological polar surface area (TPSA) is 12.9 Å². The van der Waals surface area contributed by atoms with Crippen LogP contribution in [0.5, 0.6) is 0 Å². The Bertz CT molecular complexity index is 307. The Hall–Kier alpha value is -0.920. The molecule has 0 saturated carbocycles. The average molecular weight is 251 g/mol. The minimum Gasteiger partial charge on any atom is -0.258 e. The first-order valence-corrected chi connectivity index (χ1v) is 7.39. The first-order chi connectivity index (χ1) is 8.77. The van der Waals surface area contributed by atoms with Gasteiger partial charge in [-0.25, -0.2) is 4.39 Å². The summed E-state index contributed by atoms with van der Waals surface area (Å²) in [6.07, 6.45) is 11.3. The maximum atomic E-state index is 12.9. The van der Waals surface area contributed by atoms with Crippen molar-refractivity contribution in [3.63, 3.8) is 0 Å². The number of hydrogen-bond donors (Lipinski definition) is 0. The molecule has 0 saturated heterocycles. The van der Waals surface area contributed by atoms with Crippen molar-refractivity contribution < 1.29 is 4.39 Å². The summed E-state index contributed by atoms with van der Waals surface area (Å²) in [5.74, 6) is 0.279. The number of hydrogen-bond acceptors (Lipinski definition) is 1. The van der Waals surface area contributed by atoms with Crippen LogP contribution in [0.15, 0.2) is 18.3 Å². The van der Waals surface area contributed by atoms with Crippen LogP contribution in [0, 0.1) is 5.82 Å². The number of pyridine rings is 1. The lowest BCUT2D eigenvalue weighted by Crippen LogP contribution is -2.02. The molecular formula is C16H26FN. The average Bonchev–Trinajstić information content (AvgIpc) is 2.39. The first kappa shape index (κ1) is 15.1. The Morgan fingerprint density at radius 1 is 1.00 bits per heavy atom. The zero-order chi connectivity index (χ0) is 13.2. The molecule has 18 heavy (non-hydrogen) atoms. The third-order valence-corrected chi connectivity index (χ3v) is 3.48. The molecule has 0 aliphatic rings. The van der Waals surface area contributed by atoms with Crippen molar-refractivity contribution >= 4 is 0 Å². The Labute approximate surface area is 111 Å². The van der Waals surface area contributed by atoms with Crippen molar-refractivity contribution in [3.05, 3.63) is 29.8 Å². The van der Waals surface area contributed by atoms with Gasteiger partial charge in [0.05, 0.1) is 6.20 Å². The van der Waals surface area contributed by atoms with Crippen LogP contribution in [-0.2, 0) is 0 Å². The van der Waals surface area contributed by atoms with Gasteiger partial charge in [0.1, 0.15) is 5.82 Å². The van der Waals surface area contributed by atoms with Crippen LogP contribution in [0.25, 0.3) is 0 Å². The number of aromatic nitrogens is 1. The molecule has 0 amide bonds. The van der Waals surface area contributed by atoms with Crippen molar-refractivity contribution in [3.8, 4) is 0 Å². The van der Waals surface area contributed by atoms with Gasteiger partial charge < -0.3 is 0 Å². The summed E-state index contributed by atoms with van der Waals surface area (Å²) in [4.78, 5) is 4.26. The van der Waals surface area contributed by atoms with Gasteiger partial charge in [-0.15, -0.1) is 0 Å².